The van der Waals surface area contributed by atoms with Gasteiger partial charge in [-0.3, -0.25) is 19.2 Å². The maximum Gasteiger partial charge on any atom is 0.490 e. The van der Waals surface area contributed by atoms with E-state index in [0.717, 1.165) is 5.57 Å². The summed E-state index contributed by atoms with van der Waals surface area (Å²) in [7, 11) is 0. The molecule has 0 spiro atoms. The van der Waals surface area contributed by atoms with E-state index in [4.69, 9.17) is 31.7 Å². The number of fused-ring (bicyclic) bond motifs is 5. The minimum Gasteiger partial charge on any atom is -0.481 e. The molecule has 8 atom stereocenters. The van der Waals surface area contributed by atoms with E-state index in [1.165, 1.54) is 6.08 Å². The van der Waals surface area contributed by atoms with E-state index in [1.54, 1.807) is 19.9 Å². The summed E-state index contributed by atoms with van der Waals surface area (Å²) in [5.74, 6) is -5.40. The molecule has 3 fully saturated rings. The van der Waals surface area contributed by atoms with Crippen LogP contribution in [0.4, 0.5) is 13.2 Å². The minimum atomic E-state index is -5.08. The highest BCUT2D eigenvalue weighted by atomic mass is 35.5. The van der Waals surface area contributed by atoms with Gasteiger partial charge in [0.15, 0.2) is 11.6 Å². The van der Waals surface area contributed by atoms with E-state index in [9.17, 15) is 47.7 Å². The van der Waals surface area contributed by atoms with Crippen molar-refractivity contribution < 1.29 is 67.8 Å². The number of alkyl halides is 4. The molecule has 0 amide bonds. The van der Waals surface area contributed by atoms with Crippen molar-refractivity contribution in [1.82, 2.24) is 0 Å². The molecule has 256 valence electrons. The van der Waals surface area contributed by atoms with Crippen molar-refractivity contribution in [3.8, 4) is 0 Å². The molecule has 0 aliphatic heterocycles. The van der Waals surface area contributed by atoms with Crippen LogP contribution in [0.2, 0.25) is 0 Å². The molecule has 0 radical (unpaired) electrons. The smallest absolute Gasteiger partial charge is 0.481 e. The van der Waals surface area contributed by atoms with E-state index in [0.29, 0.717) is 19.3 Å². The first kappa shape index (κ1) is 40.2. The summed E-state index contributed by atoms with van der Waals surface area (Å²) in [6.07, 6.45) is 1.58. The van der Waals surface area contributed by atoms with Gasteiger partial charge in [-0.25, -0.2) is 4.79 Å². The zero-order chi connectivity index (χ0) is 35.3. The van der Waals surface area contributed by atoms with Crippen LogP contribution < -0.4 is 0 Å². The lowest BCUT2D eigenvalue weighted by Gasteiger charge is -2.63. The number of carbonyl (C=O) groups is 5. The fraction of sp³-hybridized carbons (Fsp3) is 0.700. The van der Waals surface area contributed by atoms with Gasteiger partial charge in [0.25, 0.3) is 0 Å². The Kier molecular flexibility index (Phi) is 13.2. The van der Waals surface area contributed by atoms with Crippen LogP contribution in [-0.4, -0.2) is 89.5 Å². The van der Waals surface area contributed by atoms with Crippen LogP contribution in [0.15, 0.2) is 23.8 Å². The molecule has 6 N–H and O–H groups in total. The normalized spacial score (nSPS) is 36.1. The third kappa shape index (κ3) is 7.61. The second-order valence-corrected chi connectivity index (χ2v) is 12.7. The Hall–Kier alpha value is -2.81. The Bertz CT molecular complexity index is 1200. The number of allylic oxidation sites excluding steroid dienone is 4. The molecule has 4 aliphatic carbocycles. The molecule has 0 heterocycles. The Labute approximate surface area is 263 Å². The van der Waals surface area contributed by atoms with Crippen LogP contribution in [0.3, 0.4) is 0 Å². The van der Waals surface area contributed by atoms with E-state index < -0.39 is 63.9 Å². The van der Waals surface area contributed by atoms with Crippen molar-refractivity contribution in [3.63, 3.8) is 0 Å². The van der Waals surface area contributed by atoms with Crippen molar-refractivity contribution >= 4 is 41.1 Å². The van der Waals surface area contributed by atoms with Gasteiger partial charge < -0.3 is 30.6 Å². The zero-order valence-electron chi connectivity index (χ0n) is 25.7. The Morgan fingerprint density at radius 1 is 1.02 bits per heavy atom. The summed E-state index contributed by atoms with van der Waals surface area (Å²) >= 11 is 7.30. The Morgan fingerprint density at radius 2 is 1.49 bits per heavy atom. The summed E-state index contributed by atoms with van der Waals surface area (Å²) in [5, 5.41) is 54.9. The highest BCUT2D eigenvalue weighted by molar-refractivity contribution is 6.26. The quantitative estimate of drug-likeness (QED) is 0.237. The van der Waals surface area contributed by atoms with Gasteiger partial charge in [0, 0.05) is 23.7 Å². The second kappa shape index (κ2) is 14.7. The lowest BCUT2D eigenvalue weighted by atomic mass is 9.45. The van der Waals surface area contributed by atoms with Crippen molar-refractivity contribution in [2.45, 2.75) is 95.9 Å². The molecule has 11 nitrogen and oxygen atoms in total. The lowest BCUT2D eigenvalue weighted by molar-refractivity contribution is -0.192. The number of halogens is 4. The fourth-order valence-corrected chi connectivity index (χ4v) is 7.78. The van der Waals surface area contributed by atoms with Crippen LogP contribution >= 0.6 is 11.6 Å². The Balaban J connectivity index is 0.000000491. The van der Waals surface area contributed by atoms with Crippen LogP contribution in [0.1, 0.15) is 73.1 Å². The third-order valence-electron chi connectivity index (χ3n) is 9.64. The number of hydrogen-bond donors (Lipinski definition) is 6. The average molecular weight is 671 g/mol. The molecule has 15 heteroatoms. The van der Waals surface area contributed by atoms with E-state index in [1.807, 2.05) is 26.8 Å². The van der Waals surface area contributed by atoms with Crippen LogP contribution in [0, 0.1) is 28.6 Å². The monoisotopic (exact) mass is 670 g/mol. The van der Waals surface area contributed by atoms with Crippen LogP contribution in [0.25, 0.3) is 0 Å². The number of ketones is 2. The number of rotatable bonds is 4. The van der Waals surface area contributed by atoms with Crippen LogP contribution in [-0.2, 0) is 24.0 Å². The number of aliphatic carboxylic acids is 3. The molecule has 4 rings (SSSR count). The molecular weight excluding hydrogens is 629 g/mol. The highest BCUT2D eigenvalue weighted by Gasteiger charge is 2.74. The van der Waals surface area contributed by atoms with Gasteiger partial charge in [-0.2, -0.15) is 13.2 Å². The molecular formula is C30H42ClF3O11. The van der Waals surface area contributed by atoms with E-state index in [-0.39, 0.29) is 42.8 Å². The standard InChI is InChI=1S/C22H29ClO5.2C3H6O2.C2HF3O2/c1-12-8-16-15-5-4-13-9-14(25)6-7-19(13,2)21(15,23)17(26)10-20(16,3)22(12,28)18(27)11-24;2*1-2-3(4)5;3-2(4,5)1(6)7/h6-7,9,12,15-17,24,26,28H,4-5,8,10-11H2,1-3H3;2*2H2,1H3,(H,4,5);(H,6,7)/t12-,15-,16-,17-,19-,20-,21-,22-;;;/m0.../s1. The van der Waals surface area contributed by atoms with Crippen molar-refractivity contribution in [1.29, 1.82) is 0 Å². The predicted molar refractivity (Wildman–Crippen MR) is 154 cm³/mol. The highest BCUT2D eigenvalue weighted by Crippen LogP contribution is 2.71. The molecule has 4 aliphatic rings. The average Bonchev–Trinajstić information content (AvgIpc) is 3.15. The van der Waals surface area contributed by atoms with E-state index >= 15 is 0 Å². The number of carboxylic acids is 3. The lowest BCUT2D eigenvalue weighted by Crippen LogP contribution is -2.69. The topological polar surface area (TPSA) is 207 Å². The molecule has 0 unspecified atom stereocenters. The van der Waals surface area contributed by atoms with Crippen LogP contribution in [0.5, 0.6) is 0 Å². The largest absolute Gasteiger partial charge is 0.490 e. The molecule has 45 heavy (non-hydrogen) atoms. The first-order chi connectivity index (χ1) is 20.4. The number of carbonyl (C=O) groups excluding carboxylic acids is 2. The van der Waals surface area contributed by atoms with E-state index in [2.05, 4.69) is 0 Å². The summed E-state index contributed by atoms with van der Waals surface area (Å²) < 4.78 is 31.7. The number of aliphatic hydroxyl groups is 3. The fourth-order valence-electron chi connectivity index (χ4n) is 7.26. The van der Waals surface area contributed by atoms with Gasteiger partial charge in [-0.05, 0) is 55.6 Å². The van der Waals surface area contributed by atoms with Crippen molar-refractivity contribution in [3.05, 3.63) is 23.8 Å². The van der Waals surface area contributed by atoms with Crippen molar-refractivity contribution in [2.75, 3.05) is 6.61 Å². The third-order valence-corrected chi connectivity index (χ3v) is 10.6. The number of Topliss-reactive ketones (excluding diaryl/α,β-unsaturated/α-hetero) is 1. The zero-order valence-corrected chi connectivity index (χ0v) is 26.5. The number of hydrogen-bond acceptors (Lipinski definition) is 8. The number of carboxylic acid groups (broad SMARTS) is 3. The van der Waals surface area contributed by atoms with Gasteiger partial charge in [0.05, 0.1) is 11.0 Å². The predicted octanol–water partition coefficient (Wildman–Crippen LogP) is 3.76. The van der Waals surface area contributed by atoms with Gasteiger partial charge in [-0.15, -0.1) is 11.6 Å². The molecule has 0 aromatic carbocycles. The van der Waals surface area contributed by atoms with Gasteiger partial charge in [-0.1, -0.05) is 46.3 Å². The molecule has 3 saturated carbocycles. The summed E-state index contributed by atoms with van der Waals surface area (Å²) in [5.41, 5.74) is -2.25. The first-order valence-corrected chi connectivity index (χ1v) is 14.7. The van der Waals surface area contributed by atoms with Crippen molar-refractivity contribution in [2.24, 2.45) is 28.6 Å². The van der Waals surface area contributed by atoms with Gasteiger partial charge >= 0.3 is 24.1 Å². The molecule has 0 bridgehead atoms. The Morgan fingerprint density at radius 3 is 1.89 bits per heavy atom. The summed E-state index contributed by atoms with van der Waals surface area (Å²) in [4.78, 5) is 51.1. The minimum absolute atomic E-state index is 0.0567. The molecule has 0 aromatic heterocycles. The maximum absolute atomic E-state index is 12.6. The summed E-state index contributed by atoms with van der Waals surface area (Å²) in [6, 6.07) is 0. The first-order valence-electron chi connectivity index (χ1n) is 14.4. The number of aliphatic hydroxyl groups excluding tert-OH is 2. The molecule has 0 aromatic rings. The van der Waals surface area contributed by atoms with Gasteiger partial charge in [0.2, 0.25) is 0 Å². The molecule has 0 saturated heterocycles. The summed E-state index contributed by atoms with van der Waals surface area (Å²) in [6.45, 7) is 8.17. The SMILES string of the molecule is CCC(=O)O.CCC(=O)O.C[C@H]1C[C@H]2[C@@H]3CCC4=CC(=O)C=C[C@]4(C)[C@@]3(Cl)[C@@H](O)C[C@]2(C)[C@@]1(O)C(=O)CO.O=C(O)C(F)(F)F. The second-order valence-electron chi connectivity index (χ2n) is 12.0. The maximum atomic E-state index is 12.6. The van der Waals surface area contributed by atoms with Gasteiger partial charge in [0.1, 0.15) is 12.2 Å².